The molecule has 0 spiro atoms. The Morgan fingerprint density at radius 1 is 1.21 bits per heavy atom. The highest BCUT2D eigenvalue weighted by molar-refractivity contribution is 8.00. The predicted octanol–water partition coefficient (Wildman–Crippen LogP) is 6.09. The highest BCUT2D eigenvalue weighted by Crippen LogP contribution is 2.38. The van der Waals surface area contributed by atoms with Gasteiger partial charge in [-0.05, 0) is 44.2 Å². The van der Waals surface area contributed by atoms with Crippen LogP contribution in [0.1, 0.15) is 41.5 Å². The second kappa shape index (κ2) is 9.53. The van der Waals surface area contributed by atoms with Crippen molar-refractivity contribution in [3.8, 4) is 17.3 Å². The van der Waals surface area contributed by atoms with Gasteiger partial charge in [0.2, 0.25) is 5.91 Å². The molecule has 0 fully saturated rings. The number of hydrogen-bond donors (Lipinski definition) is 1. The van der Waals surface area contributed by atoms with Crippen molar-refractivity contribution in [2.45, 2.75) is 49.2 Å². The topological polar surface area (TPSA) is 78.7 Å². The van der Waals surface area contributed by atoms with E-state index in [-0.39, 0.29) is 10.9 Å². The maximum Gasteiger partial charge on any atom is 0.433 e. The molecule has 1 aliphatic rings. The molecule has 1 aliphatic carbocycles. The number of fused-ring (bicyclic) bond motifs is 1. The van der Waals surface area contributed by atoms with Gasteiger partial charge in [0, 0.05) is 10.4 Å². The third-order valence-electron chi connectivity index (χ3n) is 5.24. The van der Waals surface area contributed by atoms with Crippen LogP contribution in [-0.2, 0) is 23.8 Å². The largest absolute Gasteiger partial charge is 0.433 e. The number of halogens is 3. The summed E-state index contributed by atoms with van der Waals surface area (Å²) in [6.45, 7) is 1.57. The molecule has 33 heavy (non-hydrogen) atoms. The van der Waals surface area contributed by atoms with Crippen LogP contribution in [0.2, 0.25) is 0 Å². The van der Waals surface area contributed by atoms with Gasteiger partial charge < -0.3 is 5.32 Å². The van der Waals surface area contributed by atoms with E-state index in [0.717, 1.165) is 54.0 Å². The number of amides is 1. The summed E-state index contributed by atoms with van der Waals surface area (Å²) in [5.41, 5.74) is 1.07. The number of hydrogen-bond acceptors (Lipinski definition) is 6. The molecule has 1 aromatic carbocycles. The Morgan fingerprint density at radius 2 is 1.94 bits per heavy atom. The van der Waals surface area contributed by atoms with Crippen LogP contribution in [0.25, 0.3) is 11.3 Å². The lowest BCUT2D eigenvalue weighted by molar-refractivity contribution is -0.141. The molecule has 1 atom stereocenters. The zero-order valence-corrected chi connectivity index (χ0v) is 19.2. The van der Waals surface area contributed by atoms with Gasteiger partial charge in [0.15, 0.2) is 5.16 Å². The zero-order valence-electron chi connectivity index (χ0n) is 17.6. The Labute approximate surface area is 197 Å². The third-order valence-corrected chi connectivity index (χ3v) is 7.41. The third kappa shape index (κ3) is 5.20. The first kappa shape index (κ1) is 23.3. The molecule has 0 unspecified atom stereocenters. The van der Waals surface area contributed by atoms with Crippen molar-refractivity contribution < 1.29 is 18.0 Å². The van der Waals surface area contributed by atoms with Gasteiger partial charge in [-0.3, -0.25) is 4.79 Å². The van der Waals surface area contributed by atoms with Crippen LogP contribution in [0, 0.1) is 11.3 Å². The number of carbonyl (C=O) groups is 1. The minimum Gasteiger partial charge on any atom is -0.316 e. The maximum atomic E-state index is 13.4. The van der Waals surface area contributed by atoms with E-state index in [9.17, 15) is 23.2 Å². The van der Waals surface area contributed by atoms with Gasteiger partial charge in [0.1, 0.15) is 16.8 Å². The van der Waals surface area contributed by atoms with E-state index in [0.29, 0.717) is 16.1 Å². The summed E-state index contributed by atoms with van der Waals surface area (Å²) in [5, 5.41) is 11.9. The monoisotopic (exact) mass is 488 g/mol. The highest BCUT2D eigenvalue weighted by atomic mass is 32.2. The molecular formula is C23H19F3N4OS2. The number of nitrogens with one attached hydrogen (secondary N) is 1. The van der Waals surface area contributed by atoms with Gasteiger partial charge >= 0.3 is 6.18 Å². The molecule has 170 valence electrons. The number of aryl methyl sites for hydroxylation is 1. The van der Waals surface area contributed by atoms with Gasteiger partial charge in [-0.15, -0.1) is 11.3 Å². The van der Waals surface area contributed by atoms with Gasteiger partial charge in [-0.1, -0.05) is 42.1 Å². The molecule has 5 nitrogen and oxygen atoms in total. The van der Waals surface area contributed by atoms with Crippen LogP contribution in [0.5, 0.6) is 0 Å². The number of thiophene rings is 1. The second-order valence-electron chi connectivity index (χ2n) is 7.56. The van der Waals surface area contributed by atoms with Crippen molar-refractivity contribution >= 4 is 34.0 Å². The average molecular weight is 489 g/mol. The lowest BCUT2D eigenvalue weighted by Crippen LogP contribution is -2.23. The molecule has 10 heteroatoms. The minimum absolute atomic E-state index is 0.130. The lowest BCUT2D eigenvalue weighted by atomic mass is 9.96. The predicted molar refractivity (Wildman–Crippen MR) is 122 cm³/mol. The summed E-state index contributed by atoms with van der Waals surface area (Å²) in [5.74, 6) is -0.419. The van der Waals surface area contributed by atoms with Crippen molar-refractivity contribution in [2.75, 3.05) is 5.32 Å². The fraction of sp³-hybridized carbons (Fsp3) is 0.304. The highest BCUT2D eigenvalue weighted by Gasteiger charge is 2.34. The Hall–Kier alpha value is -2.90. The van der Waals surface area contributed by atoms with Crippen molar-refractivity contribution in [1.29, 1.82) is 5.26 Å². The fourth-order valence-corrected chi connectivity index (χ4v) is 5.60. The summed E-state index contributed by atoms with van der Waals surface area (Å²) in [4.78, 5) is 21.8. The molecule has 0 aliphatic heterocycles. The van der Waals surface area contributed by atoms with Gasteiger partial charge in [-0.2, -0.15) is 18.4 Å². The number of nitriles is 1. The van der Waals surface area contributed by atoms with Crippen LogP contribution in [-0.4, -0.2) is 21.1 Å². The lowest BCUT2D eigenvalue weighted by Gasteiger charge is -2.13. The maximum absolute atomic E-state index is 13.4. The van der Waals surface area contributed by atoms with E-state index in [1.54, 1.807) is 37.3 Å². The van der Waals surface area contributed by atoms with Crippen LogP contribution >= 0.6 is 23.1 Å². The van der Waals surface area contributed by atoms with Crippen molar-refractivity contribution in [3.05, 3.63) is 58.1 Å². The molecule has 0 radical (unpaired) electrons. The number of alkyl halides is 3. The summed E-state index contributed by atoms with van der Waals surface area (Å²) in [6, 6.07) is 11.6. The number of rotatable bonds is 5. The molecule has 2 heterocycles. The smallest absolute Gasteiger partial charge is 0.316 e. The van der Waals surface area contributed by atoms with E-state index < -0.39 is 23.0 Å². The number of aromatic nitrogens is 2. The molecule has 3 aromatic rings. The molecule has 1 N–H and O–H groups in total. The summed E-state index contributed by atoms with van der Waals surface area (Å²) in [6.07, 6.45) is -0.890. The first-order valence-electron chi connectivity index (χ1n) is 10.3. The number of benzene rings is 1. The summed E-state index contributed by atoms with van der Waals surface area (Å²) < 4.78 is 40.3. The van der Waals surface area contributed by atoms with E-state index in [2.05, 4.69) is 21.4 Å². The standard InChI is InChI=1S/C23H19F3N4OS2/c1-13(20(31)30-21-16(12-27)15-9-5-6-10-18(15)33-21)32-22-28-17(14-7-3-2-4-8-14)11-19(29-22)23(24,25)26/h2-4,7-8,11,13H,5-6,9-10H2,1H3,(H,30,31)/t13-/m1/s1. The average Bonchev–Trinajstić information content (AvgIpc) is 3.15. The van der Waals surface area contributed by atoms with Gasteiger partial charge in [0.05, 0.1) is 16.5 Å². The van der Waals surface area contributed by atoms with Crippen molar-refractivity contribution in [1.82, 2.24) is 9.97 Å². The summed E-state index contributed by atoms with van der Waals surface area (Å²) in [7, 11) is 0. The zero-order chi connectivity index (χ0) is 23.6. The number of carbonyl (C=O) groups excluding carboxylic acids is 1. The first-order valence-corrected chi connectivity index (χ1v) is 12.0. The van der Waals surface area contributed by atoms with Crippen LogP contribution < -0.4 is 5.32 Å². The van der Waals surface area contributed by atoms with Crippen LogP contribution in [0.15, 0.2) is 41.6 Å². The SMILES string of the molecule is C[C@@H](Sc1nc(-c2ccccc2)cc(C(F)(F)F)n1)C(=O)Nc1sc2c(c1C#N)CCCC2. The number of thioether (sulfide) groups is 1. The summed E-state index contributed by atoms with van der Waals surface area (Å²) >= 11 is 2.25. The second-order valence-corrected chi connectivity index (χ2v) is 9.97. The number of anilines is 1. The Bertz CT molecular complexity index is 1220. The van der Waals surface area contributed by atoms with E-state index in [4.69, 9.17) is 0 Å². The molecular weight excluding hydrogens is 469 g/mol. The van der Waals surface area contributed by atoms with Gasteiger partial charge in [-0.25, -0.2) is 9.97 Å². The van der Waals surface area contributed by atoms with Crippen molar-refractivity contribution in [3.63, 3.8) is 0 Å². The normalized spacial score (nSPS) is 14.3. The molecule has 0 saturated carbocycles. The van der Waals surface area contributed by atoms with E-state index in [1.165, 1.54) is 11.3 Å². The van der Waals surface area contributed by atoms with Gasteiger partial charge in [0.25, 0.3) is 0 Å². The van der Waals surface area contributed by atoms with Crippen molar-refractivity contribution in [2.24, 2.45) is 0 Å². The molecule has 0 bridgehead atoms. The minimum atomic E-state index is -4.65. The number of nitrogens with zero attached hydrogens (tertiary/aromatic N) is 3. The Balaban J connectivity index is 1.57. The molecule has 0 saturated heterocycles. The molecule has 4 rings (SSSR count). The first-order chi connectivity index (χ1) is 15.8. The van der Waals surface area contributed by atoms with E-state index in [1.807, 2.05) is 0 Å². The van der Waals surface area contributed by atoms with E-state index >= 15 is 0 Å². The molecule has 1 amide bonds. The Kier molecular flexibility index (Phi) is 6.72. The molecule has 2 aromatic heterocycles. The fourth-order valence-electron chi connectivity index (χ4n) is 3.58. The Morgan fingerprint density at radius 3 is 2.64 bits per heavy atom. The van der Waals surface area contributed by atoms with Crippen LogP contribution in [0.4, 0.5) is 18.2 Å². The van der Waals surface area contributed by atoms with Crippen LogP contribution in [0.3, 0.4) is 0 Å². The quantitative estimate of drug-likeness (QED) is 0.347.